The van der Waals surface area contributed by atoms with Crippen LogP contribution in [0.5, 0.6) is 0 Å². The van der Waals surface area contributed by atoms with Crippen LogP contribution in [0.15, 0.2) is 18.3 Å². The monoisotopic (exact) mass is 274 g/mol. The molecule has 2 aliphatic heterocycles. The van der Waals surface area contributed by atoms with Gasteiger partial charge in [-0.2, -0.15) is 0 Å². The molecule has 108 valence electrons. The second kappa shape index (κ2) is 5.79. The topological polar surface area (TPSA) is 48.5 Å². The first-order valence-electron chi connectivity index (χ1n) is 7.42. The van der Waals surface area contributed by atoms with Crippen LogP contribution < -0.4 is 5.32 Å². The molecule has 2 amide bonds. The van der Waals surface area contributed by atoms with Gasteiger partial charge in [0.25, 0.3) is 0 Å². The van der Waals surface area contributed by atoms with Crippen LogP contribution in [0.2, 0.25) is 0 Å². The van der Waals surface area contributed by atoms with E-state index in [0.717, 1.165) is 50.3 Å². The molecule has 0 unspecified atom stereocenters. The molecule has 0 saturated carbocycles. The van der Waals surface area contributed by atoms with Crippen molar-refractivity contribution in [3.63, 3.8) is 0 Å². The summed E-state index contributed by atoms with van der Waals surface area (Å²) in [6.45, 7) is 6.40. The molecule has 3 rings (SSSR count). The predicted octanol–water partition coefficient (Wildman–Crippen LogP) is 1.38. The molecule has 20 heavy (non-hydrogen) atoms. The molecule has 3 heterocycles. The van der Waals surface area contributed by atoms with Gasteiger partial charge in [0.15, 0.2) is 0 Å². The Labute approximate surface area is 120 Å². The maximum absolute atomic E-state index is 12.5. The summed E-state index contributed by atoms with van der Waals surface area (Å²) in [6, 6.07) is 4.58. The molecule has 2 aliphatic rings. The van der Waals surface area contributed by atoms with E-state index >= 15 is 0 Å². The van der Waals surface area contributed by atoms with E-state index in [4.69, 9.17) is 0 Å². The number of hydrogen-bond donors (Lipinski definition) is 1. The van der Waals surface area contributed by atoms with Gasteiger partial charge in [0, 0.05) is 25.3 Å². The highest BCUT2D eigenvalue weighted by atomic mass is 16.2. The zero-order chi connectivity index (χ0) is 13.9. The molecule has 0 bridgehead atoms. The van der Waals surface area contributed by atoms with Crippen molar-refractivity contribution < 1.29 is 4.79 Å². The number of aromatic nitrogens is 1. The fraction of sp³-hybridized carbons (Fsp3) is 0.600. The molecule has 2 saturated heterocycles. The molecule has 1 aromatic rings. The van der Waals surface area contributed by atoms with Crippen molar-refractivity contribution in [3.8, 4) is 0 Å². The molecule has 0 aromatic carbocycles. The number of rotatable bonds is 3. The van der Waals surface area contributed by atoms with Gasteiger partial charge in [-0.1, -0.05) is 6.07 Å². The minimum atomic E-state index is 0.182. The number of nitrogens with zero attached hydrogens (tertiary/aromatic N) is 3. The summed E-state index contributed by atoms with van der Waals surface area (Å²) in [5.41, 5.74) is 2.16. The lowest BCUT2D eigenvalue weighted by atomic mass is 10.1. The van der Waals surface area contributed by atoms with Gasteiger partial charge in [0.1, 0.15) is 0 Å². The maximum Gasteiger partial charge on any atom is 0.320 e. The summed E-state index contributed by atoms with van der Waals surface area (Å²) in [5.74, 6) is 0. The number of urea groups is 1. The minimum Gasteiger partial charge on any atom is -0.320 e. The first-order valence-corrected chi connectivity index (χ1v) is 7.42. The van der Waals surface area contributed by atoms with Crippen LogP contribution >= 0.6 is 0 Å². The second-order valence-corrected chi connectivity index (χ2v) is 5.65. The van der Waals surface area contributed by atoms with E-state index in [1.807, 2.05) is 24.0 Å². The van der Waals surface area contributed by atoms with Crippen LogP contribution in [0, 0.1) is 6.92 Å². The Morgan fingerprint density at radius 1 is 1.35 bits per heavy atom. The zero-order valence-electron chi connectivity index (χ0n) is 12.0. The minimum absolute atomic E-state index is 0.182. The number of carbonyl (C=O) groups excluding carboxylic acids is 1. The third kappa shape index (κ3) is 2.63. The number of amides is 2. The van der Waals surface area contributed by atoms with Gasteiger partial charge in [0.2, 0.25) is 0 Å². The summed E-state index contributed by atoms with van der Waals surface area (Å²) < 4.78 is 0. The highest BCUT2D eigenvalue weighted by Gasteiger charge is 2.34. The zero-order valence-corrected chi connectivity index (χ0v) is 12.0. The number of aryl methyl sites for hydroxylation is 1. The van der Waals surface area contributed by atoms with Crippen LogP contribution in [0.3, 0.4) is 0 Å². The van der Waals surface area contributed by atoms with Gasteiger partial charge in [0.05, 0.1) is 12.2 Å². The standard InChI is InChI=1S/C15H22N4O/c1-12-3-2-6-17-14(12)11-18-9-10-19(15(18)20)13-4-7-16-8-5-13/h2-3,6,13,16H,4-5,7-11H2,1H3. The molecule has 1 N–H and O–H groups in total. The van der Waals surface area contributed by atoms with Crippen molar-refractivity contribution in [3.05, 3.63) is 29.6 Å². The summed E-state index contributed by atoms with van der Waals surface area (Å²) in [5, 5.41) is 3.35. The van der Waals surface area contributed by atoms with Crippen molar-refractivity contribution in [2.24, 2.45) is 0 Å². The van der Waals surface area contributed by atoms with E-state index in [2.05, 4.69) is 15.2 Å². The van der Waals surface area contributed by atoms with Gasteiger partial charge in [-0.25, -0.2) is 4.79 Å². The molecule has 1 aromatic heterocycles. The number of hydrogen-bond acceptors (Lipinski definition) is 3. The Bertz CT molecular complexity index is 485. The molecule has 2 fully saturated rings. The lowest BCUT2D eigenvalue weighted by Gasteiger charge is -2.31. The normalized spacial score (nSPS) is 20.8. The van der Waals surface area contributed by atoms with Crippen molar-refractivity contribution in [2.45, 2.75) is 32.4 Å². The molecule has 0 radical (unpaired) electrons. The van der Waals surface area contributed by atoms with Gasteiger partial charge >= 0.3 is 6.03 Å². The Kier molecular flexibility index (Phi) is 3.87. The van der Waals surface area contributed by atoms with Gasteiger partial charge < -0.3 is 15.1 Å². The average Bonchev–Trinajstić information content (AvgIpc) is 2.84. The van der Waals surface area contributed by atoms with Crippen molar-refractivity contribution >= 4 is 6.03 Å². The fourth-order valence-electron chi connectivity index (χ4n) is 3.07. The average molecular weight is 274 g/mol. The van der Waals surface area contributed by atoms with Crippen LogP contribution in [0.4, 0.5) is 4.79 Å². The Balaban J connectivity index is 1.65. The van der Waals surface area contributed by atoms with E-state index < -0.39 is 0 Å². The van der Waals surface area contributed by atoms with E-state index in [1.165, 1.54) is 0 Å². The number of carbonyl (C=O) groups is 1. The predicted molar refractivity (Wildman–Crippen MR) is 77.4 cm³/mol. The van der Waals surface area contributed by atoms with Crippen molar-refractivity contribution in [1.82, 2.24) is 20.1 Å². The number of piperidine rings is 1. The Morgan fingerprint density at radius 3 is 2.90 bits per heavy atom. The first kappa shape index (κ1) is 13.4. The number of nitrogens with one attached hydrogen (secondary N) is 1. The molecule has 5 heteroatoms. The molecule has 0 atom stereocenters. The van der Waals surface area contributed by atoms with Crippen molar-refractivity contribution in [1.29, 1.82) is 0 Å². The second-order valence-electron chi connectivity index (χ2n) is 5.65. The third-order valence-electron chi connectivity index (χ3n) is 4.33. The van der Waals surface area contributed by atoms with Crippen LogP contribution in [-0.2, 0) is 6.54 Å². The summed E-state index contributed by atoms with van der Waals surface area (Å²) in [4.78, 5) is 20.9. The largest absolute Gasteiger partial charge is 0.320 e. The summed E-state index contributed by atoms with van der Waals surface area (Å²) >= 11 is 0. The van der Waals surface area contributed by atoms with Crippen LogP contribution in [-0.4, -0.2) is 53.0 Å². The third-order valence-corrected chi connectivity index (χ3v) is 4.33. The van der Waals surface area contributed by atoms with E-state index in [0.29, 0.717) is 12.6 Å². The fourth-order valence-corrected chi connectivity index (χ4v) is 3.07. The van der Waals surface area contributed by atoms with Crippen LogP contribution in [0.1, 0.15) is 24.1 Å². The highest BCUT2D eigenvalue weighted by Crippen LogP contribution is 2.20. The van der Waals surface area contributed by atoms with Gasteiger partial charge in [-0.05, 0) is 44.5 Å². The lowest BCUT2D eigenvalue weighted by molar-refractivity contribution is 0.164. The van der Waals surface area contributed by atoms with Crippen molar-refractivity contribution in [2.75, 3.05) is 26.2 Å². The molecular formula is C15H22N4O. The Morgan fingerprint density at radius 2 is 2.15 bits per heavy atom. The lowest BCUT2D eigenvalue weighted by Crippen LogP contribution is -2.45. The molecule has 0 aliphatic carbocycles. The quantitative estimate of drug-likeness (QED) is 0.906. The Hall–Kier alpha value is -1.62. The van der Waals surface area contributed by atoms with Gasteiger partial charge in [-0.3, -0.25) is 4.98 Å². The van der Waals surface area contributed by atoms with Gasteiger partial charge in [-0.15, -0.1) is 0 Å². The maximum atomic E-state index is 12.5. The summed E-state index contributed by atoms with van der Waals surface area (Å²) in [7, 11) is 0. The van der Waals surface area contributed by atoms with E-state index in [-0.39, 0.29) is 6.03 Å². The molecule has 5 nitrogen and oxygen atoms in total. The molecular weight excluding hydrogens is 252 g/mol. The van der Waals surface area contributed by atoms with Crippen LogP contribution in [0.25, 0.3) is 0 Å². The smallest absolute Gasteiger partial charge is 0.320 e. The van der Waals surface area contributed by atoms with E-state index in [1.54, 1.807) is 6.20 Å². The van der Waals surface area contributed by atoms with E-state index in [9.17, 15) is 4.79 Å². The first-order chi connectivity index (χ1) is 9.75. The highest BCUT2D eigenvalue weighted by molar-refractivity contribution is 5.76. The summed E-state index contributed by atoms with van der Waals surface area (Å²) in [6.07, 6.45) is 3.94. The SMILES string of the molecule is Cc1cccnc1CN1CCN(C2CCNCC2)C1=O. The molecule has 0 spiro atoms. The number of pyridine rings is 1.